The van der Waals surface area contributed by atoms with E-state index in [1.54, 1.807) is 12.1 Å². The van der Waals surface area contributed by atoms with E-state index < -0.39 is 0 Å². The van der Waals surface area contributed by atoms with E-state index in [1.165, 1.54) is 38.5 Å². The van der Waals surface area contributed by atoms with E-state index >= 15 is 0 Å². The number of aryl methyl sites for hydroxylation is 1. The molecule has 0 aromatic heterocycles. The van der Waals surface area contributed by atoms with Gasteiger partial charge in [-0.3, -0.25) is 0 Å². The molecule has 1 saturated carbocycles. The summed E-state index contributed by atoms with van der Waals surface area (Å²) < 4.78 is 19.7. The van der Waals surface area contributed by atoms with Crippen molar-refractivity contribution < 1.29 is 9.13 Å². The zero-order chi connectivity index (χ0) is 14.0. The van der Waals surface area contributed by atoms with E-state index in [0.717, 1.165) is 24.2 Å². The third-order valence-corrected chi connectivity index (χ3v) is 4.68. The number of hydrogen-bond acceptors (Lipinski definition) is 2. The Morgan fingerprint density at radius 2 is 2.00 bits per heavy atom. The number of rotatable bonds is 3. The van der Waals surface area contributed by atoms with Crippen molar-refractivity contribution >= 4 is 5.69 Å². The Morgan fingerprint density at radius 1 is 1.20 bits per heavy atom. The van der Waals surface area contributed by atoms with Crippen LogP contribution in [0.1, 0.15) is 50.5 Å². The van der Waals surface area contributed by atoms with Crippen LogP contribution in [0, 0.1) is 12.7 Å². The molecule has 0 radical (unpaired) electrons. The highest BCUT2D eigenvalue weighted by atomic mass is 19.1. The van der Waals surface area contributed by atoms with E-state index in [4.69, 9.17) is 4.74 Å². The highest BCUT2D eigenvalue weighted by molar-refractivity contribution is 5.46. The van der Waals surface area contributed by atoms with Gasteiger partial charge >= 0.3 is 0 Å². The fourth-order valence-electron chi connectivity index (χ4n) is 3.67. The molecule has 2 aliphatic rings. The van der Waals surface area contributed by atoms with Crippen LogP contribution in [-0.2, 0) is 4.74 Å². The topological polar surface area (TPSA) is 21.3 Å². The van der Waals surface area contributed by atoms with Crippen LogP contribution in [0.3, 0.4) is 0 Å². The van der Waals surface area contributed by atoms with Crippen molar-refractivity contribution in [2.24, 2.45) is 0 Å². The number of benzene rings is 1. The molecule has 3 rings (SSSR count). The molecule has 0 amide bonds. The lowest BCUT2D eigenvalue weighted by Crippen LogP contribution is -2.33. The molecule has 2 fully saturated rings. The lowest BCUT2D eigenvalue weighted by Gasteiger charge is -2.33. The summed E-state index contributed by atoms with van der Waals surface area (Å²) in [7, 11) is 0. The van der Waals surface area contributed by atoms with Crippen LogP contribution >= 0.6 is 0 Å². The van der Waals surface area contributed by atoms with Gasteiger partial charge in [-0.2, -0.15) is 0 Å². The second-order valence-corrected chi connectivity index (χ2v) is 6.42. The Kier molecular flexibility index (Phi) is 3.97. The zero-order valence-corrected chi connectivity index (χ0v) is 12.3. The molecule has 1 aliphatic carbocycles. The molecule has 1 heterocycles. The van der Waals surface area contributed by atoms with Crippen molar-refractivity contribution in [1.82, 2.24) is 0 Å². The summed E-state index contributed by atoms with van der Waals surface area (Å²) in [6, 6.07) is 5.08. The first-order valence-electron chi connectivity index (χ1n) is 7.84. The van der Waals surface area contributed by atoms with Crippen LogP contribution in [-0.4, -0.2) is 18.2 Å². The van der Waals surface area contributed by atoms with E-state index in [0.29, 0.717) is 0 Å². The summed E-state index contributed by atoms with van der Waals surface area (Å²) >= 11 is 0. The molecule has 1 aromatic carbocycles. The number of nitrogens with one attached hydrogen (secondary N) is 1. The second-order valence-electron chi connectivity index (χ2n) is 6.42. The average Bonchev–Trinajstić information content (AvgIpc) is 2.79. The molecule has 1 spiro atoms. The van der Waals surface area contributed by atoms with Crippen molar-refractivity contribution in [3.05, 3.63) is 29.6 Å². The summed E-state index contributed by atoms with van der Waals surface area (Å²) in [5, 5.41) is 3.33. The zero-order valence-electron chi connectivity index (χ0n) is 12.3. The largest absolute Gasteiger partial charge is 0.382 e. The van der Waals surface area contributed by atoms with Gasteiger partial charge < -0.3 is 10.1 Å². The van der Waals surface area contributed by atoms with Crippen molar-refractivity contribution in [3.63, 3.8) is 0 Å². The molecule has 110 valence electrons. The Labute approximate surface area is 120 Å². The van der Waals surface area contributed by atoms with E-state index in [9.17, 15) is 4.39 Å². The van der Waals surface area contributed by atoms with E-state index in [2.05, 4.69) is 5.32 Å². The molecule has 1 aliphatic heterocycles. The second kappa shape index (κ2) is 5.72. The minimum absolute atomic E-state index is 0.169. The third kappa shape index (κ3) is 3.14. The number of hydrogen-bond donors (Lipinski definition) is 1. The van der Waals surface area contributed by atoms with E-state index in [1.807, 2.05) is 13.0 Å². The van der Waals surface area contributed by atoms with Crippen LogP contribution in [0.15, 0.2) is 18.2 Å². The first kappa shape index (κ1) is 13.9. The summed E-state index contributed by atoms with van der Waals surface area (Å²) in [5.41, 5.74) is 1.97. The SMILES string of the molecule is Cc1cc(F)cc(NCC2CCC3(CCCCC3)O2)c1. The normalized spacial score (nSPS) is 25.0. The first-order valence-corrected chi connectivity index (χ1v) is 7.84. The Hall–Kier alpha value is -1.09. The van der Waals surface area contributed by atoms with Crippen LogP contribution in [0.4, 0.5) is 10.1 Å². The maximum absolute atomic E-state index is 13.3. The van der Waals surface area contributed by atoms with Crippen molar-refractivity contribution in [2.45, 2.75) is 63.6 Å². The minimum atomic E-state index is -0.177. The van der Waals surface area contributed by atoms with E-state index in [-0.39, 0.29) is 17.5 Å². The highest BCUT2D eigenvalue weighted by Crippen LogP contribution is 2.41. The number of ether oxygens (including phenoxy) is 1. The standard InChI is InChI=1S/C17H24FNO/c1-13-9-14(18)11-15(10-13)19-12-16-5-8-17(20-16)6-3-2-4-7-17/h9-11,16,19H,2-8,12H2,1H3. The molecule has 0 bridgehead atoms. The van der Waals surface area contributed by atoms with Crippen LogP contribution in [0.5, 0.6) is 0 Å². The number of anilines is 1. The van der Waals surface area contributed by atoms with Gasteiger partial charge in [0.25, 0.3) is 0 Å². The first-order chi connectivity index (χ1) is 9.65. The Bertz CT molecular complexity index is 448. The summed E-state index contributed by atoms with van der Waals surface area (Å²) in [6.45, 7) is 2.70. The molecular weight excluding hydrogens is 253 g/mol. The maximum atomic E-state index is 13.3. The lowest BCUT2D eigenvalue weighted by atomic mass is 9.83. The fraction of sp³-hybridized carbons (Fsp3) is 0.647. The fourth-order valence-corrected chi connectivity index (χ4v) is 3.67. The van der Waals surface area contributed by atoms with Gasteiger partial charge in [0.05, 0.1) is 11.7 Å². The summed E-state index contributed by atoms with van der Waals surface area (Å²) in [4.78, 5) is 0. The van der Waals surface area contributed by atoms with Crippen molar-refractivity contribution in [1.29, 1.82) is 0 Å². The average molecular weight is 277 g/mol. The minimum Gasteiger partial charge on any atom is -0.382 e. The van der Waals surface area contributed by atoms with Crippen LogP contribution in [0.25, 0.3) is 0 Å². The monoisotopic (exact) mass is 277 g/mol. The van der Waals surface area contributed by atoms with Crippen LogP contribution in [0.2, 0.25) is 0 Å². The van der Waals surface area contributed by atoms with Gasteiger partial charge in [0.2, 0.25) is 0 Å². The predicted molar refractivity (Wildman–Crippen MR) is 79.5 cm³/mol. The molecular formula is C17H24FNO. The molecule has 1 aromatic rings. The number of halogens is 1. The van der Waals surface area contributed by atoms with Gasteiger partial charge in [-0.1, -0.05) is 19.3 Å². The van der Waals surface area contributed by atoms with Gasteiger partial charge in [-0.05, 0) is 56.4 Å². The smallest absolute Gasteiger partial charge is 0.125 e. The summed E-state index contributed by atoms with van der Waals surface area (Å²) in [6.07, 6.45) is 9.02. The van der Waals surface area contributed by atoms with Gasteiger partial charge in [0, 0.05) is 12.2 Å². The molecule has 20 heavy (non-hydrogen) atoms. The molecule has 1 N–H and O–H groups in total. The summed E-state index contributed by atoms with van der Waals surface area (Å²) in [5.74, 6) is -0.177. The van der Waals surface area contributed by atoms with Gasteiger partial charge in [-0.25, -0.2) is 4.39 Å². The predicted octanol–water partition coefficient (Wildman–Crippen LogP) is 4.43. The highest BCUT2D eigenvalue weighted by Gasteiger charge is 2.40. The molecule has 1 atom stereocenters. The molecule has 3 heteroatoms. The Balaban J connectivity index is 1.54. The Morgan fingerprint density at radius 3 is 2.75 bits per heavy atom. The van der Waals surface area contributed by atoms with Crippen molar-refractivity contribution in [3.8, 4) is 0 Å². The third-order valence-electron chi connectivity index (χ3n) is 4.68. The van der Waals surface area contributed by atoms with Crippen molar-refractivity contribution in [2.75, 3.05) is 11.9 Å². The maximum Gasteiger partial charge on any atom is 0.125 e. The van der Waals surface area contributed by atoms with Crippen LogP contribution < -0.4 is 5.32 Å². The molecule has 1 unspecified atom stereocenters. The quantitative estimate of drug-likeness (QED) is 0.882. The molecule has 2 nitrogen and oxygen atoms in total. The lowest BCUT2D eigenvalue weighted by molar-refractivity contribution is -0.0588. The van der Waals surface area contributed by atoms with Gasteiger partial charge in [0.1, 0.15) is 5.82 Å². The van der Waals surface area contributed by atoms with Gasteiger partial charge in [-0.15, -0.1) is 0 Å². The molecule has 1 saturated heterocycles. The van der Waals surface area contributed by atoms with Gasteiger partial charge in [0.15, 0.2) is 0 Å².